The highest BCUT2D eigenvalue weighted by molar-refractivity contribution is 6.30. The Labute approximate surface area is 296 Å². The van der Waals surface area contributed by atoms with Gasteiger partial charge in [-0.2, -0.15) is 0 Å². The number of nitrogens with one attached hydrogen (secondary N) is 1. The number of carbonyl (C=O) groups excluding carboxylic acids is 1. The molecule has 1 aliphatic rings. The summed E-state index contributed by atoms with van der Waals surface area (Å²) in [6.07, 6.45) is 5.60. The minimum Gasteiger partial charge on any atom is -0.493 e. The van der Waals surface area contributed by atoms with Crippen LogP contribution in [0.3, 0.4) is 0 Å². The molecule has 0 radical (unpaired) electrons. The second-order valence-electron chi connectivity index (χ2n) is 12.5. The van der Waals surface area contributed by atoms with Crippen LogP contribution in [-0.2, 0) is 23.1 Å². The molecule has 0 aromatic heterocycles. The van der Waals surface area contributed by atoms with Crippen LogP contribution in [0.15, 0.2) is 91.0 Å². The first-order chi connectivity index (χ1) is 22.8. The predicted octanol–water partition coefficient (Wildman–Crippen LogP) is 9.13. The van der Waals surface area contributed by atoms with Crippen LogP contribution in [0.5, 0.6) is 11.5 Å². The van der Waals surface area contributed by atoms with Crippen LogP contribution < -0.4 is 14.8 Å². The summed E-state index contributed by atoms with van der Waals surface area (Å²) in [5.41, 5.74) is 5.91. The van der Waals surface area contributed by atoms with Gasteiger partial charge in [0.25, 0.3) is 0 Å². The van der Waals surface area contributed by atoms with Crippen molar-refractivity contribution in [3.63, 3.8) is 0 Å². The molecular weight excluding hydrogens is 646 g/mol. The zero-order valence-corrected chi connectivity index (χ0v) is 29.7. The number of aryl methyl sites for hydroxylation is 1. The third-order valence-corrected chi connectivity index (χ3v) is 10.0. The Morgan fingerprint density at radius 2 is 1.54 bits per heavy atom. The standard InChI is InChI=1S/C40H46ClFN2O3.ClH/c1-29-34-28-38(47-3)37(46-2)27-31(34)20-25-44(29)24-11-22-40(32-12-6-4-7-13-32,33-14-8-5-9-15-33)21-10-23-43-39(45)19-17-30-16-18-36(42)35(41)26-30;/h4-9,12-16,18,26-29H,10-11,17,19-25H2,1-3H3,(H,43,45);1H. The maximum atomic E-state index is 13.5. The number of methoxy groups -OCH3 is 2. The molecule has 1 heterocycles. The molecule has 1 N–H and O–H groups in total. The van der Waals surface area contributed by atoms with E-state index in [1.807, 2.05) is 0 Å². The molecule has 0 saturated carbocycles. The first-order valence-corrected chi connectivity index (χ1v) is 17.0. The van der Waals surface area contributed by atoms with E-state index in [1.54, 1.807) is 26.4 Å². The molecule has 1 atom stereocenters. The fraction of sp³-hybridized carbons (Fsp3) is 0.375. The molecule has 48 heavy (non-hydrogen) atoms. The number of ether oxygens (including phenoxy) is 2. The van der Waals surface area contributed by atoms with Gasteiger partial charge in [0, 0.05) is 31.0 Å². The third kappa shape index (κ3) is 8.90. The molecule has 0 bridgehead atoms. The van der Waals surface area contributed by atoms with Gasteiger partial charge in [-0.15, -0.1) is 12.4 Å². The van der Waals surface area contributed by atoms with Crippen molar-refractivity contribution in [2.75, 3.05) is 33.9 Å². The predicted molar refractivity (Wildman–Crippen MR) is 195 cm³/mol. The molecule has 0 spiro atoms. The highest BCUT2D eigenvalue weighted by atomic mass is 35.5. The van der Waals surface area contributed by atoms with Crippen LogP contribution in [-0.4, -0.2) is 44.7 Å². The fourth-order valence-corrected chi connectivity index (χ4v) is 7.33. The SMILES string of the molecule is COc1cc2c(cc1OC)C(C)N(CCCC(CCCNC(=O)CCc1ccc(F)c(Cl)c1)(c1ccccc1)c1ccccc1)CC2.Cl. The van der Waals surface area contributed by atoms with Gasteiger partial charge in [0.1, 0.15) is 5.82 Å². The second-order valence-corrected chi connectivity index (χ2v) is 12.9. The van der Waals surface area contributed by atoms with Gasteiger partial charge in [0.2, 0.25) is 5.91 Å². The van der Waals surface area contributed by atoms with Gasteiger partial charge in [-0.25, -0.2) is 4.39 Å². The van der Waals surface area contributed by atoms with Crippen molar-refractivity contribution in [2.45, 2.75) is 63.3 Å². The van der Waals surface area contributed by atoms with E-state index in [-0.39, 0.29) is 34.8 Å². The van der Waals surface area contributed by atoms with E-state index >= 15 is 0 Å². The Morgan fingerprint density at radius 1 is 0.917 bits per heavy atom. The number of carbonyl (C=O) groups is 1. The highest BCUT2D eigenvalue weighted by Crippen LogP contribution is 2.42. The number of rotatable bonds is 15. The number of hydrogen-bond donors (Lipinski definition) is 1. The maximum Gasteiger partial charge on any atom is 0.220 e. The molecule has 0 saturated heterocycles. The Bertz CT molecular complexity index is 1580. The molecule has 4 aromatic rings. The Kier molecular flexibility index (Phi) is 13.7. The van der Waals surface area contributed by atoms with Crippen molar-refractivity contribution in [1.82, 2.24) is 10.2 Å². The van der Waals surface area contributed by atoms with Crippen molar-refractivity contribution in [3.8, 4) is 11.5 Å². The summed E-state index contributed by atoms with van der Waals surface area (Å²) in [6.45, 7) is 4.87. The lowest BCUT2D eigenvalue weighted by atomic mass is 9.68. The van der Waals surface area contributed by atoms with Crippen molar-refractivity contribution >= 4 is 29.9 Å². The summed E-state index contributed by atoms with van der Waals surface area (Å²) < 4.78 is 24.7. The van der Waals surface area contributed by atoms with Crippen LogP contribution >= 0.6 is 24.0 Å². The molecule has 4 aromatic carbocycles. The quantitative estimate of drug-likeness (QED) is 0.126. The topological polar surface area (TPSA) is 50.8 Å². The fourth-order valence-electron chi connectivity index (χ4n) is 7.13. The lowest BCUT2D eigenvalue weighted by molar-refractivity contribution is -0.121. The summed E-state index contributed by atoms with van der Waals surface area (Å²) in [7, 11) is 3.38. The molecule has 5 rings (SSSR count). The largest absolute Gasteiger partial charge is 0.493 e. The van der Waals surface area contributed by atoms with Crippen molar-refractivity contribution in [3.05, 3.63) is 130 Å². The molecule has 8 heteroatoms. The number of halogens is 3. The molecular formula is C40H47Cl2FN2O3. The van der Waals surface area contributed by atoms with E-state index in [2.05, 4.69) is 89.9 Å². The Balaban J connectivity index is 0.00000520. The first kappa shape index (κ1) is 37.2. The lowest BCUT2D eigenvalue weighted by Crippen LogP contribution is -2.36. The van der Waals surface area contributed by atoms with Gasteiger partial charge in [-0.05, 0) is 104 Å². The number of fused-ring (bicyclic) bond motifs is 1. The van der Waals surface area contributed by atoms with E-state index in [0.29, 0.717) is 19.4 Å². The van der Waals surface area contributed by atoms with Gasteiger partial charge in [0.05, 0.1) is 19.2 Å². The van der Waals surface area contributed by atoms with Gasteiger partial charge in [-0.3, -0.25) is 9.69 Å². The molecule has 0 aliphatic carbocycles. The molecule has 0 fully saturated rings. The normalized spacial score (nSPS) is 14.5. The van der Waals surface area contributed by atoms with Gasteiger partial charge < -0.3 is 14.8 Å². The van der Waals surface area contributed by atoms with Gasteiger partial charge >= 0.3 is 0 Å². The molecule has 5 nitrogen and oxygen atoms in total. The summed E-state index contributed by atoms with van der Waals surface area (Å²) in [4.78, 5) is 15.3. The Morgan fingerprint density at radius 3 is 2.17 bits per heavy atom. The van der Waals surface area contributed by atoms with Crippen LogP contribution in [0.4, 0.5) is 4.39 Å². The molecule has 1 unspecified atom stereocenters. The first-order valence-electron chi connectivity index (χ1n) is 16.6. The van der Waals surface area contributed by atoms with Crippen molar-refractivity contribution in [1.29, 1.82) is 0 Å². The number of benzene rings is 4. The minimum atomic E-state index is -0.447. The maximum absolute atomic E-state index is 13.5. The summed E-state index contributed by atoms with van der Waals surface area (Å²) in [6, 6.07) is 30.8. The van der Waals surface area contributed by atoms with Gasteiger partial charge in [0.15, 0.2) is 11.5 Å². The second kappa shape index (κ2) is 17.7. The summed E-state index contributed by atoms with van der Waals surface area (Å²) in [5, 5.41) is 3.21. The Hall–Kier alpha value is -3.58. The van der Waals surface area contributed by atoms with Crippen LogP contribution in [0.2, 0.25) is 5.02 Å². The van der Waals surface area contributed by atoms with Crippen molar-refractivity contribution < 1.29 is 18.7 Å². The van der Waals surface area contributed by atoms with Crippen LogP contribution in [0.1, 0.15) is 72.9 Å². The zero-order chi connectivity index (χ0) is 33.2. The van der Waals surface area contributed by atoms with E-state index < -0.39 is 5.82 Å². The smallest absolute Gasteiger partial charge is 0.220 e. The number of hydrogen-bond acceptors (Lipinski definition) is 4. The van der Waals surface area contributed by atoms with Crippen molar-refractivity contribution in [2.24, 2.45) is 0 Å². The average molecular weight is 694 g/mol. The monoisotopic (exact) mass is 692 g/mol. The molecule has 1 aliphatic heterocycles. The van der Waals surface area contributed by atoms with Gasteiger partial charge in [-0.1, -0.05) is 78.3 Å². The zero-order valence-electron chi connectivity index (χ0n) is 28.1. The van der Waals surface area contributed by atoms with E-state index in [9.17, 15) is 9.18 Å². The molecule has 256 valence electrons. The lowest BCUT2D eigenvalue weighted by Gasteiger charge is -2.39. The number of amides is 1. The highest BCUT2D eigenvalue weighted by Gasteiger charge is 2.34. The van der Waals surface area contributed by atoms with E-state index in [1.165, 1.54) is 28.3 Å². The molecule has 1 amide bonds. The minimum absolute atomic E-state index is 0. The van der Waals surface area contributed by atoms with Crippen LogP contribution in [0.25, 0.3) is 0 Å². The van der Waals surface area contributed by atoms with Crippen LogP contribution in [0, 0.1) is 5.82 Å². The average Bonchev–Trinajstić information content (AvgIpc) is 3.11. The number of nitrogens with zero attached hydrogens (tertiary/aromatic N) is 1. The van der Waals surface area contributed by atoms with E-state index in [4.69, 9.17) is 21.1 Å². The third-order valence-electron chi connectivity index (χ3n) is 9.74. The van der Waals surface area contributed by atoms with E-state index in [0.717, 1.165) is 62.3 Å². The summed E-state index contributed by atoms with van der Waals surface area (Å²) >= 11 is 5.92. The summed E-state index contributed by atoms with van der Waals surface area (Å²) in [5.74, 6) is 1.11.